The summed E-state index contributed by atoms with van der Waals surface area (Å²) in [5, 5.41) is 6.23. The molecule has 116 valence electrons. The summed E-state index contributed by atoms with van der Waals surface area (Å²) >= 11 is 4.43. The van der Waals surface area contributed by atoms with Crippen LogP contribution in [-0.2, 0) is 6.54 Å². The molecule has 8 heteroatoms. The van der Waals surface area contributed by atoms with Crippen molar-refractivity contribution in [1.82, 2.24) is 25.6 Å². The second kappa shape index (κ2) is 6.37. The van der Waals surface area contributed by atoms with E-state index in [0.29, 0.717) is 18.1 Å². The van der Waals surface area contributed by atoms with Gasteiger partial charge in [0.15, 0.2) is 5.82 Å². The van der Waals surface area contributed by atoms with Crippen molar-refractivity contribution in [2.45, 2.75) is 25.0 Å². The molecule has 0 bridgehead atoms. The fraction of sp³-hybridized carbons (Fsp3) is 0.357. The lowest BCUT2D eigenvalue weighted by molar-refractivity contribution is 0.0937. The molecule has 3 N–H and O–H groups in total. The molecule has 0 spiro atoms. The smallest absolute Gasteiger partial charge is 0.273 e. The number of rotatable bonds is 5. The number of hydrogen-bond acceptors (Lipinski definition) is 6. The molecule has 0 fully saturated rings. The minimum Gasteiger partial charge on any atom is -0.339 e. The van der Waals surface area contributed by atoms with Crippen molar-refractivity contribution in [2.75, 3.05) is 11.4 Å². The Hall–Kier alpha value is -2.06. The largest absolute Gasteiger partial charge is 0.339 e. The summed E-state index contributed by atoms with van der Waals surface area (Å²) in [6.07, 6.45) is 5.12. The Morgan fingerprint density at radius 3 is 3.18 bits per heavy atom. The normalized spacial score (nSPS) is 18.7. The summed E-state index contributed by atoms with van der Waals surface area (Å²) in [6, 6.07) is 4.14. The van der Waals surface area contributed by atoms with Gasteiger partial charge in [0, 0.05) is 31.5 Å². The third kappa shape index (κ3) is 3.07. The summed E-state index contributed by atoms with van der Waals surface area (Å²) in [5.74, 6) is 0.457. The topological polar surface area (TPSA) is 85.9 Å². The SMILES string of the molecule is CC(CN1c2nc[nH]c2C(=O)NC1S)NCc1cccnc1. The average molecular weight is 318 g/mol. The predicted molar refractivity (Wildman–Crippen MR) is 86.7 cm³/mol. The molecule has 0 aliphatic carbocycles. The molecule has 22 heavy (non-hydrogen) atoms. The second-order valence-corrected chi connectivity index (χ2v) is 5.73. The molecule has 2 aromatic heterocycles. The molecule has 0 aromatic carbocycles. The minimum absolute atomic E-state index is 0.181. The highest BCUT2D eigenvalue weighted by Gasteiger charge is 2.31. The summed E-state index contributed by atoms with van der Waals surface area (Å²) in [7, 11) is 0. The molecular formula is C14H18N6OS. The third-order valence-electron chi connectivity index (χ3n) is 3.52. The summed E-state index contributed by atoms with van der Waals surface area (Å²) in [6.45, 7) is 3.49. The van der Waals surface area contributed by atoms with E-state index in [1.54, 1.807) is 6.20 Å². The number of nitrogens with zero attached hydrogens (tertiary/aromatic N) is 3. The van der Waals surface area contributed by atoms with Crippen molar-refractivity contribution in [2.24, 2.45) is 0 Å². The molecule has 1 amide bonds. The Morgan fingerprint density at radius 1 is 1.55 bits per heavy atom. The first-order chi connectivity index (χ1) is 10.6. The van der Waals surface area contributed by atoms with Crippen LogP contribution >= 0.6 is 12.6 Å². The zero-order valence-corrected chi connectivity index (χ0v) is 13.0. The number of pyridine rings is 1. The van der Waals surface area contributed by atoms with Gasteiger partial charge >= 0.3 is 0 Å². The number of carbonyl (C=O) groups is 1. The van der Waals surface area contributed by atoms with Gasteiger partial charge in [0.1, 0.15) is 11.2 Å². The van der Waals surface area contributed by atoms with Crippen LogP contribution in [-0.4, -0.2) is 38.9 Å². The molecule has 7 nitrogen and oxygen atoms in total. The number of aromatic amines is 1. The van der Waals surface area contributed by atoms with Gasteiger partial charge in [-0.3, -0.25) is 9.78 Å². The number of anilines is 1. The number of carbonyl (C=O) groups excluding carboxylic acids is 1. The molecule has 0 saturated carbocycles. The number of thiol groups is 1. The van der Waals surface area contributed by atoms with Crippen LogP contribution in [0.1, 0.15) is 23.0 Å². The van der Waals surface area contributed by atoms with Crippen LogP contribution in [0, 0.1) is 0 Å². The van der Waals surface area contributed by atoms with Crippen molar-refractivity contribution in [3.8, 4) is 0 Å². The average Bonchev–Trinajstić information content (AvgIpc) is 3.00. The monoisotopic (exact) mass is 318 g/mol. The molecule has 1 aliphatic heterocycles. The van der Waals surface area contributed by atoms with Crippen LogP contribution in [0.15, 0.2) is 30.9 Å². The number of aromatic nitrogens is 3. The van der Waals surface area contributed by atoms with E-state index in [1.807, 2.05) is 23.2 Å². The molecule has 2 atom stereocenters. The van der Waals surface area contributed by atoms with E-state index in [4.69, 9.17) is 0 Å². The zero-order chi connectivity index (χ0) is 15.5. The van der Waals surface area contributed by atoms with E-state index < -0.39 is 0 Å². The molecule has 0 radical (unpaired) electrons. The lowest BCUT2D eigenvalue weighted by Crippen LogP contribution is -2.53. The molecule has 2 aromatic rings. The van der Waals surface area contributed by atoms with Crippen LogP contribution in [0.2, 0.25) is 0 Å². The predicted octanol–water partition coefficient (Wildman–Crippen LogP) is 0.746. The number of hydrogen-bond donors (Lipinski definition) is 4. The first kappa shape index (κ1) is 14.9. The molecule has 1 aliphatic rings. The van der Waals surface area contributed by atoms with Gasteiger partial charge < -0.3 is 20.5 Å². The molecule has 2 unspecified atom stereocenters. The maximum atomic E-state index is 11.8. The molecule has 3 heterocycles. The van der Waals surface area contributed by atoms with Crippen molar-refractivity contribution < 1.29 is 4.79 Å². The summed E-state index contributed by atoms with van der Waals surface area (Å²) in [5.41, 5.74) is 1.22. The fourth-order valence-corrected chi connectivity index (χ4v) is 2.72. The molecule has 3 rings (SSSR count). The summed E-state index contributed by atoms with van der Waals surface area (Å²) < 4.78 is 0. The van der Waals surface area contributed by atoms with E-state index in [9.17, 15) is 4.79 Å². The Morgan fingerprint density at radius 2 is 2.41 bits per heavy atom. The number of nitrogens with one attached hydrogen (secondary N) is 3. The van der Waals surface area contributed by atoms with Gasteiger partial charge in [0.25, 0.3) is 5.91 Å². The second-order valence-electron chi connectivity index (χ2n) is 5.24. The van der Waals surface area contributed by atoms with Crippen LogP contribution < -0.4 is 15.5 Å². The highest BCUT2D eigenvalue weighted by Crippen LogP contribution is 2.23. The van der Waals surface area contributed by atoms with Crippen molar-refractivity contribution in [3.63, 3.8) is 0 Å². The van der Waals surface area contributed by atoms with Gasteiger partial charge in [0.05, 0.1) is 6.33 Å². The van der Waals surface area contributed by atoms with Crippen LogP contribution in [0.4, 0.5) is 5.82 Å². The number of H-pyrrole nitrogens is 1. The van der Waals surface area contributed by atoms with E-state index >= 15 is 0 Å². The number of fused-ring (bicyclic) bond motifs is 1. The van der Waals surface area contributed by atoms with Crippen molar-refractivity contribution in [1.29, 1.82) is 0 Å². The van der Waals surface area contributed by atoms with E-state index in [1.165, 1.54) is 6.33 Å². The quantitative estimate of drug-likeness (QED) is 0.611. The molecular weight excluding hydrogens is 300 g/mol. The summed E-state index contributed by atoms with van der Waals surface area (Å²) in [4.78, 5) is 25.0. The van der Waals surface area contributed by atoms with Crippen LogP contribution in [0.25, 0.3) is 0 Å². The zero-order valence-electron chi connectivity index (χ0n) is 12.2. The van der Waals surface area contributed by atoms with Crippen molar-refractivity contribution in [3.05, 3.63) is 42.1 Å². The van der Waals surface area contributed by atoms with Gasteiger partial charge in [-0.1, -0.05) is 6.07 Å². The standard InChI is InChI=1S/C14H18N6OS/c1-9(16-6-10-3-2-4-15-5-10)7-20-12-11(17-8-18-12)13(21)19-14(20)22/h2-5,8-9,14,16,22H,6-7H2,1H3,(H,17,18)(H,19,21). The first-order valence-corrected chi connectivity index (χ1v) is 7.58. The Balaban J connectivity index is 1.63. The Kier molecular flexibility index (Phi) is 4.30. The maximum Gasteiger partial charge on any atom is 0.273 e. The first-order valence-electron chi connectivity index (χ1n) is 7.06. The Labute approximate surface area is 133 Å². The van der Waals surface area contributed by atoms with Gasteiger partial charge in [-0.25, -0.2) is 4.98 Å². The van der Waals surface area contributed by atoms with Gasteiger partial charge in [-0.15, -0.1) is 12.6 Å². The van der Waals surface area contributed by atoms with E-state index in [0.717, 1.165) is 12.1 Å². The van der Waals surface area contributed by atoms with E-state index in [-0.39, 0.29) is 17.4 Å². The third-order valence-corrected chi connectivity index (χ3v) is 3.93. The van der Waals surface area contributed by atoms with E-state index in [2.05, 4.69) is 45.1 Å². The lowest BCUT2D eigenvalue weighted by Gasteiger charge is -2.35. The van der Waals surface area contributed by atoms with Crippen LogP contribution in [0.3, 0.4) is 0 Å². The molecule has 0 saturated heterocycles. The highest BCUT2D eigenvalue weighted by atomic mass is 32.1. The van der Waals surface area contributed by atoms with Crippen LogP contribution in [0.5, 0.6) is 0 Å². The van der Waals surface area contributed by atoms with Gasteiger partial charge in [0.2, 0.25) is 0 Å². The Bertz CT molecular complexity index is 646. The maximum absolute atomic E-state index is 11.8. The lowest BCUT2D eigenvalue weighted by atomic mass is 10.2. The van der Waals surface area contributed by atoms with Gasteiger partial charge in [-0.05, 0) is 18.6 Å². The number of amides is 1. The highest BCUT2D eigenvalue weighted by molar-refractivity contribution is 7.81. The number of imidazole rings is 1. The van der Waals surface area contributed by atoms with Crippen molar-refractivity contribution >= 4 is 24.4 Å². The van der Waals surface area contributed by atoms with Gasteiger partial charge in [-0.2, -0.15) is 0 Å². The minimum atomic E-state index is -0.383. The fourth-order valence-electron chi connectivity index (χ4n) is 2.40.